The predicted molar refractivity (Wildman–Crippen MR) is 140 cm³/mol. The zero-order valence-electron chi connectivity index (χ0n) is 19.7. The van der Waals surface area contributed by atoms with Crippen LogP contribution in [0.2, 0.25) is 0 Å². The van der Waals surface area contributed by atoms with E-state index in [4.69, 9.17) is 0 Å². The number of nitrogens with one attached hydrogen (secondary N) is 1. The molecular formula is C32H29N2O+. The summed E-state index contributed by atoms with van der Waals surface area (Å²) in [5, 5.41) is 0. The normalized spacial score (nSPS) is 13.8. The zero-order valence-corrected chi connectivity index (χ0v) is 19.7. The zero-order chi connectivity index (χ0) is 23.9. The quantitative estimate of drug-likeness (QED) is 0.456. The summed E-state index contributed by atoms with van der Waals surface area (Å²) >= 11 is 0. The summed E-state index contributed by atoms with van der Waals surface area (Å²) in [4.78, 5) is 16.7. The minimum Gasteiger partial charge on any atom is -0.327 e. The van der Waals surface area contributed by atoms with Crippen LogP contribution in [0.25, 0.3) is 0 Å². The van der Waals surface area contributed by atoms with Crippen LogP contribution in [0, 0.1) is 11.8 Å². The second-order valence-corrected chi connectivity index (χ2v) is 8.90. The van der Waals surface area contributed by atoms with Crippen molar-refractivity contribution in [2.24, 2.45) is 0 Å². The average Bonchev–Trinajstić information content (AvgIpc) is 2.94. The van der Waals surface area contributed by atoms with Crippen LogP contribution >= 0.6 is 0 Å². The minimum absolute atomic E-state index is 0.0996. The molecule has 0 unspecified atom stereocenters. The van der Waals surface area contributed by atoms with Gasteiger partial charge in [-0.25, -0.2) is 0 Å². The predicted octanol–water partition coefficient (Wildman–Crippen LogP) is 4.22. The molecule has 3 heteroatoms. The Labute approximate surface area is 207 Å². The molecule has 0 bridgehead atoms. The molecule has 1 aliphatic heterocycles. The monoisotopic (exact) mass is 457 g/mol. The number of hydrogen-bond donors (Lipinski definition) is 1. The molecule has 35 heavy (non-hydrogen) atoms. The fraction of sp³-hybridized carbons (Fsp3) is 0.156. The molecule has 0 radical (unpaired) electrons. The largest absolute Gasteiger partial charge is 0.327 e. The van der Waals surface area contributed by atoms with Crippen LogP contribution in [0.3, 0.4) is 0 Å². The highest BCUT2D eigenvalue weighted by atomic mass is 16.2. The number of carbonyl (C=O) groups excluding carboxylic acids is 1. The lowest BCUT2D eigenvalue weighted by Gasteiger charge is -2.37. The number of piperazine rings is 1. The second kappa shape index (κ2) is 10.9. The van der Waals surface area contributed by atoms with Gasteiger partial charge in [0.25, 0.3) is 5.91 Å². The lowest BCUT2D eigenvalue weighted by molar-refractivity contribution is -0.929. The van der Waals surface area contributed by atoms with E-state index in [0.29, 0.717) is 0 Å². The molecule has 172 valence electrons. The van der Waals surface area contributed by atoms with Gasteiger partial charge in [0, 0.05) is 27.8 Å². The highest BCUT2D eigenvalue weighted by Crippen LogP contribution is 2.19. The van der Waals surface area contributed by atoms with Crippen molar-refractivity contribution < 1.29 is 9.69 Å². The standard InChI is InChI=1S/C32H28N2O/c35-32(30-20-18-27(19-21-30)17-16-26-10-4-1-5-11-26)34-24-22-33(23-25-34)31(28-12-6-2-7-13-28)29-14-8-3-9-15-29/h1-15,18-21,31H,22-25H2/p+1. The SMILES string of the molecule is O=C(c1ccc(C#Cc2ccccc2)cc1)N1CC[NH+](C(c2ccccc2)c2ccccc2)CC1. The Kier molecular flexibility index (Phi) is 7.03. The molecule has 5 rings (SSSR count). The summed E-state index contributed by atoms with van der Waals surface area (Å²) < 4.78 is 0. The van der Waals surface area contributed by atoms with E-state index in [0.717, 1.165) is 42.9 Å². The number of benzene rings is 4. The third-order valence-corrected chi connectivity index (χ3v) is 6.62. The molecule has 0 aromatic heterocycles. The summed E-state index contributed by atoms with van der Waals surface area (Å²) in [6.45, 7) is 3.33. The van der Waals surface area contributed by atoms with E-state index in [1.54, 1.807) is 0 Å². The van der Waals surface area contributed by atoms with E-state index in [2.05, 4.69) is 72.5 Å². The van der Waals surface area contributed by atoms with Crippen molar-refractivity contribution in [1.82, 2.24) is 4.90 Å². The maximum absolute atomic E-state index is 13.2. The van der Waals surface area contributed by atoms with Gasteiger partial charge in [-0.1, -0.05) is 90.7 Å². The van der Waals surface area contributed by atoms with Crippen LogP contribution in [0.15, 0.2) is 115 Å². The number of hydrogen-bond acceptors (Lipinski definition) is 1. The van der Waals surface area contributed by atoms with Crippen LogP contribution < -0.4 is 4.90 Å². The van der Waals surface area contributed by atoms with E-state index in [9.17, 15) is 4.79 Å². The summed E-state index contributed by atoms with van der Waals surface area (Å²) in [5.74, 6) is 6.44. The van der Waals surface area contributed by atoms with E-state index in [1.165, 1.54) is 16.0 Å². The summed E-state index contributed by atoms with van der Waals surface area (Å²) in [6, 6.07) is 39.3. The first-order chi connectivity index (χ1) is 17.3. The Morgan fingerprint density at radius 2 is 1.09 bits per heavy atom. The van der Waals surface area contributed by atoms with Crippen molar-refractivity contribution in [1.29, 1.82) is 0 Å². The minimum atomic E-state index is 0.0996. The number of amides is 1. The Morgan fingerprint density at radius 3 is 1.60 bits per heavy atom. The van der Waals surface area contributed by atoms with Crippen molar-refractivity contribution in [3.8, 4) is 11.8 Å². The van der Waals surface area contributed by atoms with Gasteiger partial charge in [-0.2, -0.15) is 0 Å². The Hall–Kier alpha value is -4.13. The lowest BCUT2D eigenvalue weighted by atomic mass is 9.96. The van der Waals surface area contributed by atoms with Crippen LogP contribution in [-0.4, -0.2) is 37.0 Å². The van der Waals surface area contributed by atoms with Gasteiger partial charge in [-0.05, 0) is 36.4 Å². The maximum atomic E-state index is 13.2. The van der Waals surface area contributed by atoms with Crippen molar-refractivity contribution in [2.75, 3.05) is 26.2 Å². The van der Waals surface area contributed by atoms with E-state index < -0.39 is 0 Å². The van der Waals surface area contributed by atoms with Crippen molar-refractivity contribution in [3.05, 3.63) is 143 Å². The van der Waals surface area contributed by atoms with Gasteiger partial charge in [0.05, 0.1) is 26.2 Å². The first kappa shape index (κ1) is 22.7. The van der Waals surface area contributed by atoms with Crippen LogP contribution in [0.4, 0.5) is 0 Å². The molecule has 3 nitrogen and oxygen atoms in total. The number of nitrogens with zero attached hydrogens (tertiary/aromatic N) is 1. The van der Waals surface area contributed by atoms with Gasteiger partial charge in [-0.3, -0.25) is 4.79 Å². The van der Waals surface area contributed by atoms with Crippen LogP contribution in [-0.2, 0) is 0 Å². The number of quaternary nitrogens is 1. The topological polar surface area (TPSA) is 24.8 Å². The van der Waals surface area contributed by atoms with E-state index >= 15 is 0 Å². The van der Waals surface area contributed by atoms with Crippen molar-refractivity contribution in [3.63, 3.8) is 0 Å². The van der Waals surface area contributed by atoms with Gasteiger partial charge >= 0.3 is 0 Å². The fourth-order valence-corrected chi connectivity index (χ4v) is 4.79. The third-order valence-electron chi connectivity index (χ3n) is 6.62. The molecule has 1 fully saturated rings. The van der Waals surface area contributed by atoms with Gasteiger partial charge < -0.3 is 9.80 Å². The number of carbonyl (C=O) groups is 1. The average molecular weight is 458 g/mol. The van der Waals surface area contributed by atoms with Gasteiger partial charge in [0.15, 0.2) is 0 Å². The first-order valence-electron chi connectivity index (χ1n) is 12.2. The molecule has 1 amide bonds. The molecule has 1 saturated heterocycles. The fourth-order valence-electron chi connectivity index (χ4n) is 4.79. The third kappa shape index (κ3) is 5.51. The molecule has 1 heterocycles. The summed E-state index contributed by atoms with van der Waals surface area (Å²) in [5.41, 5.74) is 5.26. The van der Waals surface area contributed by atoms with Crippen LogP contribution in [0.5, 0.6) is 0 Å². The molecular weight excluding hydrogens is 428 g/mol. The Balaban J connectivity index is 1.25. The Bertz CT molecular complexity index is 1260. The molecule has 0 saturated carbocycles. The Morgan fingerprint density at radius 1 is 0.629 bits per heavy atom. The summed E-state index contributed by atoms with van der Waals surface area (Å²) in [6.07, 6.45) is 0. The molecule has 0 spiro atoms. The molecule has 4 aromatic carbocycles. The highest BCUT2D eigenvalue weighted by Gasteiger charge is 2.31. The highest BCUT2D eigenvalue weighted by molar-refractivity contribution is 5.94. The summed E-state index contributed by atoms with van der Waals surface area (Å²) in [7, 11) is 0. The smallest absolute Gasteiger partial charge is 0.254 e. The maximum Gasteiger partial charge on any atom is 0.254 e. The molecule has 4 aromatic rings. The van der Waals surface area contributed by atoms with Gasteiger partial charge in [0.2, 0.25) is 0 Å². The molecule has 0 aliphatic carbocycles. The van der Waals surface area contributed by atoms with E-state index in [-0.39, 0.29) is 11.9 Å². The van der Waals surface area contributed by atoms with Gasteiger partial charge in [-0.15, -0.1) is 0 Å². The second-order valence-electron chi connectivity index (χ2n) is 8.90. The number of rotatable bonds is 4. The molecule has 1 aliphatic rings. The molecule has 0 atom stereocenters. The van der Waals surface area contributed by atoms with Crippen molar-refractivity contribution >= 4 is 5.91 Å². The molecule has 1 N–H and O–H groups in total. The van der Waals surface area contributed by atoms with E-state index in [1.807, 2.05) is 59.5 Å². The van der Waals surface area contributed by atoms with Gasteiger partial charge in [0.1, 0.15) is 6.04 Å². The first-order valence-corrected chi connectivity index (χ1v) is 12.2. The van der Waals surface area contributed by atoms with Crippen molar-refractivity contribution in [2.45, 2.75) is 6.04 Å². The van der Waals surface area contributed by atoms with Crippen LogP contribution in [0.1, 0.15) is 38.7 Å². The lowest BCUT2D eigenvalue weighted by Crippen LogP contribution is -3.15.